The van der Waals surface area contributed by atoms with Crippen molar-refractivity contribution >= 4 is 34.7 Å². The SMILES string of the molecule is COc1cc(C)c(/C(O)=C2\C(=O)C(=O)N(c3cc(C)cc(C)c3)C2c2ccc(O)c(Cl)c2)cc1C. The number of hydrogen-bond acceptors (Lipinski definition) is 5. The minimum atomic E-state index is -0.948. The standard InChI is InChI=1S/C28H26ClNO5/c1-14-8-15(2)10-19(9-14)30-25(18-6-7-22(31)21(29)13-18)24(27(33)28(30)34)26(32)20-11-17(4)23(35-5)12-16(20)3/h6-13,25,31-32H,1-5H3/b26-24+. The number of ether oxygens (including phenoxy) is 1. The summed E-state index contributed by atoms with van der Waals surface area (Å²) < 4.78 is 5.37. The number of ketones is 1. The number of nitrogens with zero attached hydrogens (tertiary/aromatic N) is 1. The normalized spacial score (nSPS) is 17.2. The fourth-order valence-electron chi connectivity index (χ4n) is 4.61. The van der Waals surface area contributed by atoms with E-state index in [1.54, 1.807) is 32.2 Å². The number of methoxy groups -OCH3 is 1. The van der Waals surface area contributed by atoms with E-state index < -0.39 is 17.7 Å². The molecule has 0 aromatic heterocycles. The maximum Gasteiger partial charge on any atom is 0.300 e. The number of Topliss-reactive ketones (excluding diaryl/α,β-unsaturated/α-hetero) is 1. The number of aryl methyl sites for hydroxylation is 4. The largest absolute Gasteiger partial charge is 0.507 e. The Bertz CT molecular complexity index is 1390. The van der Waals surface area contributed by atoms with E-state index in [2.05, 4.69) is 0 Å². The number of carbonyl (C=O) groups is 2. The second-order valence-corrected chi connectivity index (χ2v) is 9.27. The molecule has 0 saturated carbocycles. The van der Waals surface area contributed by atoms with Gasteiger partial charge in [0.2, 0.25) is 0 Å². The van der Waals surface area contributed by atoms with Crippen molar-refractivity contribution in [1.82, 2.24) is 0 Å². The molecule has 1 aliphatic heterocycles. The predicted octanol–water partition coefficient (Wildman–Crippen LogP) is 5.91. The van der Waals surface area contributed by atoms with Crippen LogP contribution in [0.2, 0.25) is 5.02 Å². The molecular weight excluding hydrogens is 466 g/mol. The fourth-order valence-corrected chi connectivity index (χ4v) is 4.80. The van der Waals surface area contributed by atoms with Crippen LogP contribution in [-0.2, 0) is 9.59 Å². The zero-order valence-electron chi connectivity index (χ0n) is 20.1. The van der Waals surface area contributed by atoms with Crippen molar-refractivity contribution in [2.75, 3.05) is 12.0 Å². The Morgan fingerprint density at radius 2 is 1.60 bits per heavy atom. The molecule has 1 fully saturated rings. The maximum absolute atomic E-state index is 13.4. The van der Waals surface area contributed by atoms with Gasteiger partial charge in [0.15, 0.2) is 0 Å². The molecule has 2 N–H and O–H groups in total. The average Bonchev–Trinajstić information content (AvgIpc) is 3.06. The molecule has 7 heteroatoms. The Kier molecular flexibility index (Phi) is 6.34. The Morgan fingerprint density at radius 3 is 2.20 bits per heavy atom. The molecule has 0 aliphatic carbocycles. The molecule has 3 aromatic rings. The smallest absolute Gasteiger partial charge is 0.300 e. The first kappa shape index (κ1) is 24.4. The number of carbonyl (C=O) groups excluding carboxylic acids is 2. The number of aliphatic hydroxyl groups is 1. The van der Waals surface area contributed by atoms with Crippen molar-refractivity contribution < 1.29 is 24.5 Å². The molecule has 1 saturated heterocycles. The maximum atomic E-state index is 13.4. The number of phenolic OH excluding ortho intramolecular Hbond substituents is 1. The first-order valence-electron chi connectivity index (χ1n) is 11.1. The van der Waals surface area contributed by atoms with E-state index in [-0.39, 0.29) is 22.1 Å². The minimum absolute atomic E-state index is 0.0522. The van der Waals surface area contributed by atoms with Crippen LogP contribution in [0.1, 0.15) is 39.4 Å². The number of hydrogen-bond donors (Lipinski definition) is 2. The van der Waals surface area contributed by atoms with E-state index in [0.717, 1.165) is 16.7 Å². The van der Waals surface area contributed by atoms with Crippen LogP contribution in [0.3, 0.4) is 0 Å². The van der Waals surface area contributed by atoms with Crippen molar-refractivity contribution in [2.45, 2.75) is 33.7 Å². The third-order valence-corrected chi connectivity index (χ3v) is 6.52. The summed E-state index contributed by atoms with van der Waals surface area (Å²) >= 11 is 6.20. The topological polar surface area (TPSA) is 87.1 Å². The van der Waals surface area contributed by atoms with Crippen LogP contribution in [0.15, 0.2) is 54.1 Å². The second kappa shape index (κ2) is 9.12. The monoisotopic (exact) mass is 491 g/mol. The molecule has 1 amide bonds. The molecular formula is C28H26ClNO5. The van der Waals surface area contributed by atoms with Crippen LogP contribution < -0.4 is 9.64 Å². The van der Waals surface area contributed by atoms with Gasteiger partial charge in [-0.15, -0.1) is 0 Å². The number of halogens is 1. The highest BCUT2D eigenvalue weighted by molar-refractivity contribution is 6.51. The minimum Gasteiger partial charge on any atom is -0.507 e. The summed E-state index contributed by atoms with van der Waals surface area (Å²) in [5.74, 6) is -1.32. The summed E-state index contributed by atoms with van der Waals surface area (Å²) in [6, 6.07) is 12.7. The van der Waals surface area contributed by atoms with E-state index in [4.69, 9.17) is 16.3 Å². The molecule has 180 valence electrons. The third-order valence-electron chi connectivity index (χ3n) is 6.21. The van der Waals surface area contributed by atoms with Gasteiger partial charge in [-0.1, -0.05) is 23.7 Å². The molecule has 3 aromatic carbocycles. The number of anilines is 1. The molecule has 0 bridgehead atoms. The Balaban J connectivity index is 2.01. The van der Waals surface area contributed by atoms with E-state index in [1.165, 1.54) is 17.0 Å². The Labute approximate surface area is 209 Å². The van der Waals surface area contributed by atoms with Gasteiger partial charge in [-0.3, -0.25) is 14.5 Å². The van der Waals surface area contributed by atoms with Crippen LogP contribution >= 0.6 is 11.6 Å². The highest BCUT2D eigenvalue weighted by Crippen LogP contribution is 2.44. The third kappa shape index (κ3) is 4.26. The quantitative estimate of drug-likeness (QED) is 0.269. The van der Waals surface area contributed by atoms with Gasteiger partial charge in [0.05, 0.1) is 23.7 Å². The zero-order valence-corrected chi connectivity index (χ0v) is 20.9. The van der Waals surface area contributed by atoms with Crippen LogP contribution in [0.4, 0.5) is 5.69 Å². The van der Waals surface area contributed by atoms with Crippen molar-refractivity contribution in [1.29, 1.82) is 0 Å². The fraction of sp³-hybridized carbons (Fsp3) is 0.214. The lowest BCUT2D eigenvalue weighted by molar-refractivity contribution is -0.132. The van der Waals surface area contributed by atoms with E-state index in [9.17, 15) is 19.8 Å². The first-order chi connectivity index (χ1) is 16.5. The molecule has 1 unspecified atom stereocenters. The Morgan fingerprint density at radius 1 is 0.943 bits per heavy atom. The number of benzene rings is 3. The zero-order chi connectivity index (χ0) is 25.6. The molecule has 6 nitrogen and oxygen atoms in total. The summed E-state index contributed by atoms with van der Waals surface area (Å²) in [6.45, 7) is 7.44. The molecule has 0 radical (unpaired) electrons. The highest BCUT2D eigenvalue weighted by Gasteiger charge is 2.47. The molecule has 0 spiro atoms. The Hall–Kier alpha value is -3.77. The number of aromatic hydroxyl groups is 1. The summed E-state index contributed by atoms with van der Waals surface area (Å²) in [5.41, 5.74) is 4.69. The molecule has 4 rings (SSSR count). The van der Waals surface area contributed by atoms with E-state index in [0.29, 0.717) is 28.1 Å². The van der Waals surface area contributed by atoms with Gasteiger partial charge < -0.3 is 14.9 Å². The molecule has 1 aliphatic rings. The number of aliphatic hydroxyl groups excluding tert-OH is 1. The van der Waals surface area contributed by atoms with E-state index >= 15 is 0 Å². The number of amides is 1. The van der Waals surface area contributed by atoms with Gasteiger partial charge >= 0.3 is 0 Å². The summed E-state index contributed by atoms with van der Waals surface area (Å²) in [6.07, 6.45) is 0. The lowest BCUT2D eigenvalue weighted by Gasteiger charge is -2.26. The van der Waals surface area contributed by atoms with Crippen molar-refractivity contribution in [2.24, 2.45) is 0 Å². The number of rotatable bonds is 4. The van der Waals surface area contributed by atoms with Gasteiger partial charge in [-0.05, 0) is 91.9 Å². The van der Waals surface area contributed by atoms with Gasteiger partial charge in [-0.2, -0.15) is 0 Å². The average molecular weight is 492 g/mol. The summed E-state index contributed by atoms with van der Waals surface area (Å²) in [7, 11) is 1.56. The van der Waals surface area contributed by atoms with Crippen LogP contribution in [0.25, 0.3) is 5.76 Å². The lowest BCUT2D eigenvalue weighted by atomic mass is 9.92. The van der Waals surface area contributed by atoms with Crippen LogP contribution in [-0.4, -0.2) is 29.0 Å². The van der Waals surface area contributed by atoms with Crippen LogP contribution in [0.5, 0.6) is 11.5 Å². The highest BCUT2D eigenvalue weighted by atomic mass is 35.5. The van der Waals surface area contributed by atoms with Crippen LogP contribution in [0, 0.1) is 27.7 Å². The lowest BCUT2D eigenvalue weighted by Crippen LogP contribution is -2.29. The van der Waals surface area contributed by atoms with Crippen molar-refractivity contribution in [3.63, 3.8) is 0 Å². The van der Waals surface area contributed by atoms with Crippen molar-refractivity contribution in [3.05, 3.63) is 92.5 Å². The van der Waals surface area contributed by atoms with Gasteiger partial charge in [0.25, 0.3) is 11.7 Å². The van der Waals surface area contributed by atoms with Gasteiger partial charge in [0, 0.05) is 11.3 Å². The van der Waals surface area contributed by atoms with Gasteiger partial charge in [0.1, 0.15) is 17.3 Å². The molecule has 35 heavy (non-hydrogen) atoms. The summed E-state index contributed by atoms with van der Waals surface area (Å²) in [4.78, 5) is 28.2. The van der Waals surface area contributed by atoms with E-state index in [1.807, 2.05) is 39.0 Å². The first-order valence-corrected chi connectivity index (χ1v) is 11.4. The molecule has 1 heterocycles. The second-order valence-electron chi connectivity index (χ2n) is 8.86. The number of phenols is 1. The van der Waals surface area contributed by atoms with Crippen molar-refractivity contribution in [3.8, 4) is 11.5 Å². The van der Waals surface area contributed by atoms with Gasteiger partial charge in [-0.25, -0.2) is 0 Å². The predicted molar refractivity (Wildman–Crippen MR) is 136 cm³/mol. The molecule has 1 atom stereocenters. The summed E-state index contributed by atoms with van der Waals surface area (Å²) in [5, 5.41) is 21.5.